The zero-order chi connectivity index (χ0) is 18.8. The molecule has 4 aromatic rings. The van der Waals surface area contributed by atoms with Crippen LogP contribution in [0.3, 0.4) is 0 Å². The minimum Gasteiger partial charge on any atom is -0.358 e. The molecule has 6 nitrogen and oxygen atoms in total. The lowest BCUT2D eigenvalue weighted by molar-refractivity contribution is 0.589. The van der Waals surface area contributed by atoms with E-state index in [-0.39, 0.29) is 24.4 Å². The summed E-state index contributed by atoms with van der Waals surface area (Å²) in [6.45, 7) is 4.81. The van der Waals surface area contributed by atoms with E-state index in [0.717, 1.165) is 32.3 Å². The van der Waals surface area contributed by atoms with Crippen LogP contribution in [0.25, 0.3) is 21.5 Å². The van der Waals surface area contributed by atoms with Gasteiger partial charge in [0.15, 0.2) is 0 Å². The number of nitrogens with two attached hydrogens (primary N) is 1. The van der Waals surface area contributed by atoms with E-state index in [2.05, 4.69) is 50.8 Å². The number of nitrogens with one attached hydrogen (secondary N) is 2. The summed E-state index contributed by atoms with van der Waals surface area (Å²) in [7, 11) is 0. The molecule has 0 spiro atoms. The van der Waals surface area contributed by atoms with Crippen LogP contribution in [-0.2, 0) is 0 Å². The van der Waals surface area contributed by atoms with Crippen molar-refractivity contribution >= 4 is 39.8 Å². The Bertz CT molecular complexity index is 1050. The molecule has 0 saturated carbocycles. The number of rotatable bonds is 6. The third kappa shape index (κ3) is 4.16. The molecule has 2 aromatic heterocycles. The number of hydrogen-bond acceptors (Lipinski definition) is 6. The van der Waals surface area contributed by atoms with Crippen molar-refractivity contribution in [2.24, 2.45) is 5.73 Å². The van der Waals surface area contributed by atoms with Gasteiger partial charge in [0.1, 0.15) is 5.01 Å². The molecule has 0 unspecified atom stereocenters. The largest absolute Gasteiger partial charge is 0.358 e. The van der Waals surface area contributed by atoms with E-state index in [0.29, 0.717) is 6.54 Å². The second-order valence-electron chi connectivity index (χ2n) is 6.74. The van der Waals surface area contributed by atoms with Crippen LogP contribution in [-0.4, -0.2) is 33.0 Å². The van der Waals surface area contributed by atoms with Gasteiger partial charge in [0.25, 0.3) is 0 Å². The zero-order valence-electron chi connectivity index (χ0n) is 15.7. The van der Waals surface area contributed by atoms with Gasteiger partial charge >= 0.3 is 0 Å². The Morgan fingerprint density at radius 2 is 1.93 bits per heavy atom. The lowest BCUT2D eigenvalue weighted by Gasteiger charge is -2.20. The SMILES string of the molecule is Cc1[nH]nc2ccc(-c3nnc(NC[C@@H](N)[C@@H](C)c4ccccc4)s3)cc12.Cl. The molecule has 0 aliphatic rings. The molecule has 0 aliphatic heterocycles. The molecule has 4 rings (SSSR count). The third-order valence-electron chi connectivity index (χ3n) is 4.87. The van der Waals surface area contributed by atoms with Crippen molar-refractivity contribution < 1.29 is 0 Å². The van der Waals surface area contributed by atoms with Crippen molar-refractivity contribution in [2.75, 3.05) is 11.9 Å². The summed E-state index contributed by atoms with van der Waals surface area (Å²) in [6.07, 6.45) is 0. The van der Waals surface area contributed by atoms with Gasteiger partial charge in [0.05, 0.1) is 5.52 Å². The van der Waals surface area contributed by atoms with E-state index in [1.807, 2.05) is 37.3 Å². The highest BCUT2D eigenvalue weighted by molar-refractivity contribution is 7.18. The van der Waals surface area contributed by atoms with Gasteiger partial charge in [-0.1, -0.05) is 48.6 Å². The Balaban J connectivity index is 0.00000225. The molecule has 4 N–H and O–H groups in total. The van der Waals surface area contributed by atoms with Crippen LogP contribution < -0.4 is 11.1 Å². The van der Waals surface area contributed by atoms with Crippen LogP contribution in [0.1, 0.15) is 24.1 Å². The third-order valence-corrected chi connectivity index (χ3v) is 5.80. The van der Waals surface area contributed by atoms with E-state index in [4.69, 9.17) is 5.73 Å². The van der Waals surface area contributed by atoms with Gasteiger partial charge in [-0.3, -0.25) is 5.10 Å². The highest BCUT2D eigenvalue weighted by atomic mass is 35.5. The second kappa shape index (κ2) is 8.68. The summed E-state index contributed by atoms with van der Waals surface area (Å²) in [4.78, 5) is 0. The first-order chi connectivity index (χ1) is 13.1. The van der Waals surface area contributed by atoms with Crippen molar-refractivity contribution in [1.29, 1.82) is 0 Å². The van der Waals surface area contributed by atoms with Crippen LogP contribution in [0.4, 0.5) is 5.13 Å². The molecule has 146 valence electrons. The summed E-state index contributed by atoms with van der Waals surface area (Å²) in [5.41, 5.74) is 10.7. The Kier molecular flexibility index (Phi) is 6.28. The van der Waals surface area contributed by atoms with E-state index >= 15 is 0 Å². The first-order valence-electron chi connectivity index (χ1n) is 8.95. The van der Waals surface area contributed by atoms with Gasteiger partial charge < -0.3 is 11.1 Å². The number of fused-ring (bicyclic) bond motifs is 1. The molecule has 0 fully saturated rings. The fourth-order valence-corrected chi connectivity index (χ4v) is 3.82. The summed E-state index contributed by atoms with van der Waals surface area (Å²) in [6, 6.07) is 16.4. The summed E-state index contributed by atoms with van der Waals surface area (Å²) in [5, 5.41) is 22.0. The Morgan fingerprint density at radius 3 is 2.71 bits per heavy atom. The summed E-state index contributed by atoms with van der Waals surface area (Å²) in [5.74, 6) is 0.262. The lowest BCUT2D eigenvalue weighted by atomic mass is 9.94. The molecule has 0 aliphatic carbocycles. The number of anilines is 1. The van der Waals surface area contributed by atoms with Crippen molar-refractivity contribution in [1.82, 2.24) is 20.4 Å². The fourth-order valence-electron chi connectivity index (χ4n) is 3.07. The molecule has 0 bridgehead atoms. The quantitative estimate of drug-likeness (QED) is 0.436. The molecular formula is C20H23ClN6S. The van der Waals surface area contributed by atoms with Crippen molar-refractivity contribution in [3.63, 3.8) is 0 Å². The molecule has 8 heteroatoms. The molecule has 0 saturated heterocycles. The first-order valence-corrected chi connectivity index (χ1v) is 9.76. The molecule has 0 radical (unpaired) electrons. The first kappa shape index (κ1) is 20.3. The predicted molar refractivity (Wildman–Crippen MR) is 118 cm³/mol. The fraction of sp³-hybridized carbons (Fsp3) is 0.250. The number of aromatic amines is 1. The second-order valence-corrected chi connectivity index (χ2v) is 7.71. The maximum absolute atomic E-state index is 6.37. The molecular weight excluding hydrogens is 392 g/mol. The van der Waals surface area contributed by atoms with Gasteiger partial charge in [0, 0.05) is 29.2 Å². The van der Waals surface area contributed by atoms with Crippen LogP contribution >= 0.6 is 23.7 Å². The van der Waals surface area contributed by atoms with Crippen molar-refractivity contribution in [3.8, 4) is 10.6 Å². The highest BCUT2D eigenvalue weighted by Crippen LogP contribution is 2.29. The van der Waals surface area contributed by atoms with Crippen LogP contribution in [0.5, 0.6) is 0 Å². The molecule has 2 heterocycles. The number of hydrogen-bond donors (Lipinski definition) is 3. The predicted octanol–water partition coefficient (Wildman–Crippen LogP) is 4.35. The summed E-state index contributed by atoms with van der Waals surface area (Å²) < 4.78 is 0. The van der Waals surface area contributed by atoms with E-state index in [9.17, 15) is 0 Å². The van der Waals surface area contributed by atoms with E-state index in [1.54, 1.807) is 0 Å². The Morgan fingerprint density at radius 1 is 1.14 bits per heavy atom. The Hall–Kier alpha value is -2.48. The topological polar surface area (TPSA) is 92.5 Å². The molecule has 0 amide bonds. The molecule has 2 atom stereocenters. The number of aryl methyl sites for hydroxylation is 1. The van der Waals surface area contributed by atoms with Gasteiger partial charge in [-0.25, -0.2) is 0 Å². The van der Waals surface area contributed by atoms with Crippen molar-refractivity contribution in [2.45, 2.75) is 25.8 Å². The lowest BCUT2D eigenvalue weighted by Crippen LogP contribution is -2.34. The van der Waals surface area contributed by atoms with Gasteiger partial charge in [0.2, 0.25) is 5.13 Å². The number of nitrogens with zero attached hydrogens (tertiary/aromatic N) is 3. The Labute approximate surface area is 174 Å². The maximum atomic E-state index is 6.37. The smallest absolute Gasteiger partial charge is 0.206 e. The van der Waals surface area contributed by atoms with Gasteiger partial charge in [-0.05, 0) is 36.6 Å². The normalized spacial score (nSPS) is 13.1. The zero-order valence-corrected chi connectivity index (χ0v) is 17.3. The summed E-state index contributed by atoms with van der Waals surface area (Å²) >= 11 is 1.53. The molecule has 28 heavy (non-hydrogen) atoms. The van der Waals surface area contributed by atoms with Crippen molar-refractivity contribution in [3.05, 3.63) is 59.8 Å². The average molecular weight is 415 g/mol. The molecule has 2 aromatic carbocycles. The maximum Gasteiger partial charge on any atom is 0.206 e. The highest BCUT2D eigenvalue weighted by Gasteiger charge is 2.16. The number of benzene rings is 2. The monoisotopic (exact) mass is 414 g/mol. The standard InChI is InChI=1S/C20H22N6S.ClH/c1-12(14-6-4-3-5-7-14)17(21)11-22-20-26-25-19(27-20)15-8-9-18-16(10-15)13(2)23-24-18;/h3-10,12,17H,11,21H2,1-2H3,(H,22,26)(H,23,24);1H/t12-,17+;/m0./s1. The van der Waals surface area contributed by atoms with E-state index in [1.165, 1.54) is 16.9 Å². The van der Waals surface area contributed by atoms with Crippen LogP contribution in [0.2, 0.25) is 0 Å². The van der Waals surface area contributed by atoms with Crippen LogP contribution in [0, 0.1) is 6.92 Å². The minimum absolute atomic E-state index is 0. The van der Waals surface area contributed by atoms with Gasteiger partial charge in [-0.15, -0.1) is 22.6 Å². The van der Waals surface area contributed by atoms with Gasteiger partial charge in [-0.2, -0.15) is 5.10 Å². The number of aromatic nitrogens is 4. The average Bonchev–Trinajstić information content (AvgIpc) is 3.33. The number of H-pyrrole nitrogens is 1. The minimum atomic E-state index is -0.00956. The number of halogens is 1. The van der Waals surface area contributed by atoms with Crippen LogP contribution in [0.15, 0.2) is 48.5 Å². The van der Waals surface area contributed by atoms with E-state index < -0.39 is 0 Å².